The molecule has 3 aromatic rings. The van der Waals surface area contributed by atoms with Crippen molar-refractivity contribution in [2.75, 3.05) is 0 Å². The number of phenolic OH excluding ortho intramolecular Hbond substituents is 2. The van der Waals surface area contributed by atoms with Crippen molar-refractivity contribution in [2.24, 2.45) is 0 Å². The molecule has 2 N–H and O–H groups in total. The van der Waals surface area contributed by atoms with Gasteiger partial charge in [0.15, 0.2) is 11.5 Å². The molecule has 22 heavy (non-hydrogen) atoms. The lowest BCUT2D eigenvalue weighted by atomic mass is 10.1. The lowest BCUT2D eigenvalue weighted by Gasteiger charge is -2.01. The van der Waals surface area contributed by atoms with Gasteiger partial charge in [-0.1, -0.05) is 5.16 Å². The van der Waals surface area contributed by atoms with Crippen molar-refractivity contribution in [1.29, 1.82) is 0 Å². The average molecular weight is 300 g/mol. The van der Waals surface area contributed by atoms with Gasteiger partial charge in [-0.15, -0.1) is 0 Å². The van der Waals surface area contributed by atoms with Crippen LogP contribution < -0.4 is 0 Å². The molecule has 0 radical (unpaired) electrons. The summed E-state index contributed by atoms with van der Waals surface area (Å²) in [6.45, 7) is 0. The molecule has 3 rings (SSSR count). The third-order valence-corrected chi connectivity index (χ3v) is 2.89. The smallest absolute Gasteiger partial charge is 0.315 e. The maximum atomic E-state index is 10.9. The minimum atomic E-state index is -0.807. The van der Waals surface area contributed by atoms with Crippen molar-refractivity contribution in [3.8, 4) is 34.2 Å². The summed E-state index contributed by atoms with van der Waals surface area (Å²) in [5.74, 6) is -1.25. The third kappa shape index (κ3) is 2.30. The summed E-state index contributed by atoms with van der Waals surface area (Å²) < 4.78 is 5.10. The van der Waals surface area contributed by atoms with E-state index in [2.05, 4.69) is 15.1 Å². The van der Waals surface area contributed by atoms with Gasteiger partial charge in [-0.25, -0.2) is 0 Å². The van der Waals surface area contributed by atoms with Crippen molar-refractivity contribution in [1.82, 2.24) is 15.1 Å². The first-order chi connectivity index (χ1) is 10.6. The summed E-state index contributed by atoms with van der Waals surface area (Å²) in [4.78, 5) is 18.0. The van der Waals surface area contributed by atoms with Crippen molar-refractivity contribution >= 4 is 5.69 Å². The van der Waals surface area contributed by atoms with E-state index in [9.17, 15) is 20.3 Å². The molecule has 0 aliphatic rings. The molecule has 0 atom stereocenters. The van der Waals surface area contributed by atoms with Gasteiger partial charge >= 0.3 is 5.69 Å². The number of hydrogen-bond acceptors (Lipinski definition) is 8. The van der Waals surface area contributed by atoms with Crippen LogP contribution in [0.2, 0.25) is 0 Å². The summed E-state index contributed by atoms with van der Waals surface area (Å²) in [5, 5.41) is 33.7. The molecule has 0 aliphatic heterocycles. The molecule has 1 aromatic carbocycles. The lowest BCUT2D eigenvalue weighted by Crippen LogP contribution is -1.89. The summed E-state index contributed by atoms with van der Waals surface area (Å²) >= 11 is 0. The largest absolute Gasteiger partial charge is 0.504 e. The fraction of sp³-hybridized carbons (Fsp3) is 0. The number of nitrogens with zero attached hydrogens (tertiary/aromatic N) is 4. The molecule has 2 aromatic heterocycles. The zero-order chi connectivity index (χ0) is 15.7. The Hall–Kier alpha value is -3.49. The number of aromatic hydroxyl groups is 2. The molecule has 0 amide bonds. The second kappa shape index (κ2) is 5.13. The van der Waals surface area contributed by atoms with Gasteiger partial charge in [-0.2, -0.15) is 0 Å². The molecule has 0 spiro atoms. The second-order valence-corrected chi connectivity index (χ2v) is 4.29. The number of nitro benzene ring substituents is 1. The molecule has 0 saturated heterocycles. The normalized spacial score (nSPS) is 10.5. The van der Waals surface area contributed by atoms with Crippen LogP contribution >= 0.6 is 0 Å². The summed E-state index contributed by atoms with van der Waals surface area (Å²) in [5.41, 5.74) is 0.422. The highest BCUT2D eigenvalue weighted by molar-refractivity contribution is 5.71. The summed E-state index contributed by atoms with van der Waals surface area (Å²) in [6, 6.07) is 3.72. The number of aromatic nitrogens is 3. The van der Waals surface area contributed by atoms with Crippen molar-refractivity contribution in [3.63, 3.8) is 0 Å². The Kier molecular flexibility index (Phi) is 3.14. The molecule has 110 valence electrons. The Balaban J connectivity index is 2.06. The molecule has 0 saturated carbocycles. The highest BCUT2D eigenvalue weighted by Crippen LogP contribution is 2.39. The van der Waals surface area contributed by atoms with E-state index in [0.29, 0.717) is 11.4 Å². The fourth-order valence-electron chi connectivity index (χ4n) is 1.85. The van der Waals surface area contributed by atoms with Gasteiger partial charge < -0.3 is 14.7 Å². The van der Waals surface area contributed by atoms with Gasteiger partial charge in [0, 0.05) is 30.1 Å². The van der Waals surface area contributed by atoms with Crippen LogP contribution in [0.3, 0.4) is 0 Å². The van der Waals surface area contributed by atoms with Crippen LogP contribution in [-0.4, -0.2) is 30.3 Å². The number of phenols is 2. The maximum absolute atomic E-state index is 10.9. The fourth-order valence-corrected chi connectivity index (χ4v) is 1.85. The molecular formula is C13H8N4O5. The highest BCUT2D eigenvalue weighted by atomic mass is 16.6. The van der Waals surface area contributed by atoms with E-state index in [1.807, 2.05) is 0 Å². The minimum Gasteiger partial charge on any atom is -0.504 e. The topological polar surface area (TPSA) is 135 Å². The van der Waals surface area contributed by atoms with Crippen LogP contribution in [0, 0.1) is 10.1 Å². The van der Waals surface area contributed by atoms with E-state index in [1.54, 1.807) is 0 Å². The standard InChI is InChI=1S/C13H8N4O5/c18-11-4-7(3-10(13(11)19)17(20)21)12-5-8(16-22-12)9-6-14-1-2-15-9/h1-6,18-19H. The molecule has 2 heterocycles. The first kappa shape index (κ1) is 13.5. The Morgan fingerprint density at radius 3 is 2.64 bits per heavy atom. The van der Waals surface area contributed by atoms with E-state index >= 15 is 0 Å². The Morgan fingerprint density at radius 1 is 1.14 bits per heavy atom. The monoisotopic (exact) mass is 300 g/mol. The number of nitro groups is 1. The predicted molar refractivity (Wildman–Crippen MR) is 72.9 cm³/mol. The number of rotatable bonds is 3. The molecular weight excluding hydrogens is 292 g/mol. The predicted octanol–water partition coefficient (Wildman–Crippen LogP) is 2.12. The van der Waals surface area contributed by atoms with Crippen LogP contribution in [0.1, 0.15) is 0 Å². The van der Waals surface area contributed by atoms with E-state index in [0.717, 1.165) is 12.1 Å². The van der Waals surface area contributed by atoms with Crippen molar-refractivity contribution in [3.05, 3.63) is 46.9 Å². The Morgan fingerprint density at radius 2 is 1.95 bits per heavy atom. The van der Waals surface area contributed by atoms with Gasteiger partial charge in [-0.05, 0) is 6.07 Å². The Bertz CT molecular complexity index is 847. The third-order valence-electron chi connectivity index (χ3n) is 2.89. The number of benzene rings is 1. The molecule has 0 fully saturated rings. The van der Waals surface area contributed by atoms with Gasteiger partial charge in [0.1, 0.15) is 11.4 Å². The van der Waals surface area contributed by atoms with Crippen molar-refractivity contribution in [2.45, 2.75) is 0 Å². The van der Waals surface area contributed by atoms with Gasteiger partial charge in [-0.3, -0.25) is 20.1 Å². The lowest BCUT2D eigenvalue weighted by molar-refractivity contribution is -0.385. The first-order valence-electron chi connectivity index (χ1n) is 6.00. The zero-order valence-corrected chi connectivity index (χ0v) is 10.9. The van der Waals surface area contributed by atoms with Crippen LogP contribution in [-0.2, 0) is 0 Å². The first-order valence-corrected chi connectivity index (χ1v) is 6.00. The molecule has 0 unspecified atom stereocenters. The van der Waals surface area contributed by atoms with Crippen LogP contribution in [0.15, 0.2) is 41.3 Å². The van der Waals surface area contributed by atoms with Gasteiger partial charge in [0.05, 0.1) is 11.1 Å². The van der Waals surface area contributed by atoms with Crippen molar-refractivity contribution < 1.29 is 19.7 Å². The maximum Gasteiger partial charge on any atom is 0.315 e. The van der Waals surface area contributed by atoms with E-state index < -0.39 is 22.1 Å². The van der Waals surface area contributed by atoms with Crippen LogP contribution in [0.4, 0.5) is 5.69 Å². The van der Waals surface area contributed by atoms with Crippen LogP contribution in [0.25, 0.3) is 22.7 Å². The zero-order valence-electron chi connectivity index (χ0n) is 10.9. The highest BCUT2D eigenvalue weighted by Gasteiger charge is 2.21. The second-order valence-electron chi connectivity index (χ2n) is 4.29. The van der Waals surface area contributed by atoms with E-state index in [-0.39, 0.29) is 11.3 Å². The van der Waals surface area contributed by atoms with E-state index in [1.165, 1.54) is 24.7 Å². The molecule has 9 heteroatoms. The van der Waals surface area contributed by atoms with Crippen LogP contribution in [0.5, 0.6) is 11.5 Å². The Labute approximate surface area is 122 Å². The molecule has 0 aliphatic carbocycles. The average Bonchev–Trinajstić information content (AvgIpc) is 3.00. The number of hydrogen-bond donors (Lipinski definition) is 2. The quantitative estimate of drug-likeness (QED) is 0.426. The summed E-state index contributed by atoms with van der Waals surface area (Å²) in [6.07, 6.45) is 4.48. The minimum absolute atomic E-state index is 0.180. The molecule has 0 bridgehead atoms. The summed E-state index contributed by atoms with van der Waals surface area (Å²) in [7, 11) is 0. The van der Waals surface area contributed by atoms with Gasteiger partial charge in [0.25, 0.3) is 0 Å². The SMILES string of the molecule is O=[N+]([O-])c1cc(-c2cc(-c3cnccn3)no2)cc(O)c1O. The molecule has 9 nitrogen and oxygen atoms in total. The van der Waals surface area contributed by atoms with Gasteiger partial charge in [0.2, 0.25) is 5.75 Å². The van der Waals surface area contributed by atoms with E-state index in [4.69, 9.17) is 4.52 Å².